The summed E-state index contributed by atoms with van der Waals surface area (Å²) in [6.45, 7) is 0. The maximum atomic E-state index is 2.49. The first-order valence-corrected chi connectivity index (χ1v) is 21.8. The molecule has 0 aromatic heterocycles. The Hall–Kier alpha value is -8.26. The lowest BCUT2D eigenvalue weighted by molar-refractivity contribution is 1.31. The van der Waals surface area contributed by atoms with Gasteiger partial charge in [-0.25, -0.2) is 0 Å². The predicted molar refractivity (Wildman–Crippen MR) is 269 cm³/mol. The summed E-state index contributed by atoms with van der Waals surface area (Å²) in [5.74, 6) is 0. The van der Waals surface area contributed by atoms with E-state index in [1.54, 1.807) is 0 Å². The lowest BCUT2D eigenvalue weighted by atomic mass is 9.81. The van der Waals surface area contributed by atoms with Crippen molar-refractivity contribution in [2.45, 2.75) is 0 Å². The van der Waals surface area contributed by atoms with Gasteiger partial charge in [-0.05, 0) is 141 Å². The van der Waals surface area contributed by atoms with Gasteiger partial charge in [0.05, 0.1) is 5.69 Å². The van der Waals surface area contributed by atoms with E-state index in [4.69, 9.17) is 0 Å². The molecule has 0 spiro atoms. The Bertz CT molecular complexity index is 3750. The molecular formula is C62H39N. The van der Waals surface area contributed by atoms with Gasteiger partial charge in [-0.2, -0.15) is 0 Å². The third-order valence-corrected chi connectivity index (χ3v) is 13.3. The van der Waals surface area contributed by atoms with E-state index < -0.39 is 0 Å². The van der Waals surface area contributed by atoms with E-state index in [1.807, 2.05) is 0 Å². The number of fused-ring (bicyclic) bond motifs is 10. The zero-order valence-corrected chi connectivity index (χ0v) is 34.5. The molecule has 0 radical (unpaired) electrons. The molecule has 0 bridgehead atoms. The smallest absolute Gasteiger partial charge is 0.0540 e. The van der Waals surface area contributed by atoms with E-state index in [0.717, 1.165) is 17.1 Å². The van der Waals surface area contributed by atoms with Gasteiger partial charge in [0, 0.05) is 16.8 Å². The average molecular weight is 798 g/mol. The molecule has 12 aromatic rings. The van der Waals surface area contributed by atoms with Gasteiger partial charge in [0.25, 0.3) is 0 Å². The molecule has 292 valence electrons. The molecule has 0 N–H and O–H groups in total. The highest BCUT2D eigenvalue weighted by Crippen LogP contribution is 2.53. The third kappa shape index (κ3) is 5.50. The second-order valence-electron chi connectivity index (χ2n) is 16.7. The Balaban J connectivity index is 1.16. The van der Waals surface area contributed by atoms with Gasteiger partial charge < -0.3 is 4.90 Å². The minimum atomic E-state index is 1.11. The van der Waals surface area contributed by atoms with Crippen LogP contribution in [-0.4, -0.2) is 0 Å². The van der Waals surface area contributed by atoms with Crippen molar-refractivity contribution in [3.63, 3.8) is 0 Å². The molecule has 0 atom stereocenters. The van der Waals surface area contributed by atoms with Crippen LogP contribution in [0.4, 0.5) is 17.1 Å². The van der Waals surface area contributed by atoms with Crippen LogP contribution in [0.5, 0.6) is 0 Å². The fraction of sp³-hybridized carbons (Fsp3) is 0. The van der Waals surface area contributed by atoms with E-state index in [2.05, 4.69) is 241 Å². The van der Waals surface area contributed by atoms with Gasteiger partial charge >= 0.3 is 0 Å². The standard InChI is InChI=1S/C62H39N/c1-4-18-41(19-5-1)55-39-56(42-20-6-2-7-21-42)61-51-28-15-14-27-49(51)57-38-46(33-34-53(57)62(61)59(55)43-22-8-3-9-23-43)63(45-32-31-40-17-10-11-24-44(40)37-45)58-36-35-52-48-26-13-12-25-47(48)50-29-16-30-54(58)60(50)52/h1-39H. The third-order valence-electron chi connectivity index (χ3n) is 13.3. The molecule has 0 aliphatic heterocycles. The van der Waals surface area contributed by atoms with Crippen molar-refractivity contribution in [2.24, 2.45) is 0 Å². The maximum absolute atomic E-state index is 2.49. The molecule has 1 heteroatoms. The first kappa shape index (κ1) is 35.5. The fourth-order valence-corrected chi connectivity index (χ4v) is 10.6. The first-order valence-electron chi connectivity index (χ1n) is 21.8. The van der Waals surface area contributed by atoms with E-state index in [-0.39, 0.29) is 0 Å². The molecule has 1 aliphatic rings. The summed E-state index contributed by atoms with van der Waals surface area (Å²) in [6.07, 6.45) is 0. The first-order chi connectivity index (χ1) is 31.3. The van der Waals surface area contributed by atoms with Crippen molar-refractivity contribution in [3.05, 3.63) is 237 Å². The van der Waals surface area contributed by atoms with Crippen LogP contribution in [0.15, 0.2) is 237 Å². The van der Waals surface area contributed by atoms with Crippen LogP contribution in [-0.2, 0) is 0 Å². The van der Waals surface area contributed by atoms with Gasteiger partial charge in [0.1, 0.15) is 0 Å². The molecule has 63 heavy (non-hydrogen) atoms. The van der Waals surface area contributed by atoms with E-state index in [0.29, 0.717) is 0 Å². The number of nitrogens with zero attached hydrogens (tertiary/aromatic N) is 1. The Morgan fingerprint density at radius 3 is 1.52 bits per heavy atom. The van der Waals surface area contributed by atoms with Crippen LogP contribution < -0.4 is 4.90 Å². The lowest BCUT2D eigenvalue weighted by Crippen LogP contribution is -2.10. The summed E-state index contributed by atoms with van der Waals surface area (Å²) < 4.78 is 0. The van der Waals surface area contributed by atoms with Crippen LogP contribution in [0, 0.1) is 0 Å². The summed E-state index contributed by atoms with van der Waals surface area (Å²) in [6, 6.07) is 87.5. The molecule has 0 fully saturated rings. The molecular weight excluding hydrogens is 759 g/mol. The molecule has 0 amide bonds. The normalized spacial score (nSPS) is 11.8. The molecule has 0 saturated carbocycles. The molecule has 13 rings (SSSR count). The number of hydrogen-bond donors (Lipinski definition) is 0. The summed E-state index contributed by atoms with van der Waals surface area (Å²) in [5, 5.41) is 12.5. The van der Waals surface area contributed by atoms with Crippen LogP contribution in [0.2, 0.25) is 0 Å². The maximum Gasteiger partial charge on any atom is 0.0540 e. The Kier molecular flexibility index (Phi) is 7.98. The Morgan fingerprint density at radius 2 is 0.778 bits per heavy atom. The second-order valence-corrected chi connectivity index (χ2v) is 16.7. The van der Waals surface area contributed by atoms with Gasteiger partial charge in [0.2, 0.25) is 0 Å². The van der Waals surface area contributed by atoms with Crippen molar-refractivity contribution in [1.82, 2.24) is 0 Å². The topological polar surface area (TPSA) is 3.24 Å². The van der Waals surface area contributed by atoms with Crippen molar-refractivity contribution in [1.29, 1.82) is 0 Å². The van der Waals surface area contributed by atoms with E-state index in [9.17, 15) is 0 Å². The number of rotatable bonds is 6. The van der Waals surface area contributed by atoms with Crippen LogP contribution in [0.3, 0.4) is 0 Å². The van der Waals surface area contributed by atoms with Crippen molar-refractivity contribution in [3.8, 4) is 55.6 Å². The molecule has 0 unspecified atom stereocenters. The minimum absolute atomic E-state index is 1.11. The van der Waals surface area contributed by atoms with Gasteiger partial charge in [-0.15, -0.1) is 0 Å². The van der Waals surface area contributed by atoms with Gasteiger partial charge in [-0.3, -0.25) is 0 Å². The van der Waals surface area contributed by atoms with Crippen molar-refractivity contribution in [2.75, 3.05) is 4.90 Å². The Labute approximate surface area is 366 Å². The van der Waals surface area contributed by atoms with Crippen LogP contribution in [0.1, 0.15) is 0 Å². The monoisotopic (exact) mass is 797 g/mol. The SMILES string of the molecule is c1ccc(-c2cc(-c3ccccc3)c3c4ccccc4c4cc(N(c5ccc6ccccc6c5)c5ccc6c7c(cccc57)-c5ccccc5-6)ccc4c3c2-c2ccccc2)cc1. The summed E-state index contributed by atoms with van der Waals surface area (Å²) in [4.78, 5) is 2.49. The molecule has 1 aliphatic carbocycles. The minimum Gasteiger partial charge on any atom is -0.310 e. The van der Waals surface area contributed by atoms with Crippen LogP contribution in [0.25, 0.3) is 109 Å². The Morgan fingerprint density at radius 1 is 0.238 bits per heavy atom. The zero-order chi connectivity index (χ0) is 41.4. The van der Waals surface area contributed by atoms with Gasteiger partial charge in [-0.1, -0.05) is 200 Å². The van der Waals surface area contributed by atoms with Crippen LogP contribution >= 0.6 is 0 Å². The van der Waals surface area contributed by atoms with E-state index in [1.165, 1.54) is 109 Å². The highest BCUT2D eigenvalue weighted by atomic mass is 15.1. The molecule has 0 heterocycles. The number of anilines is 3. The average Bonchev–Trinajstić information content (AvgIpc) is 3.69. The van der Waals surface area contributed by atoms with Crippen molar-refractivity contribution >= 4 is 70.9 Å². The lowest BCUT2D eigenvalue weighted by Gasteiger charge is -2.28. The molecule has 0 saturated heterocycles. The summed E-state index contributed by atoms with van der Waals surface area (Å²) >= 11 is 0. The second kappa shape index (κ2) is 14.2. The highest BCUT2D eigenvalue weighted by Gasteiger charge is 2.26. The quantitative estimate of drug-likeness (QED) is 0.152. The number of hydrogen-bond acceptors (Lipinski definition) is 1. The van der Waals surface area contributed by atoms with Crippen molar-refractivity contribution < 1.29 is 0 Å². The summed E-state index contributed by atoms with van der Waals surface area (Å²) in [5.41, 5.74) is 15.9. The molecule has 1 nitrogen and oxygen atoms in total. The number of benzene rings is 12. The summed E-state index contributed by atoms with van der Waals surface area (Å²) in [7, 11) is 0. The fourth-order valence-electron chi connectivity index (χ4n) is 10.6. The highest BCUT2D eigenvalue weighted by molar-refractivity contribution is 6.33. The zero-order valence-electron chi connectivity index (χ0n) is 34.5. The van der Waals surface area contributed by atoms with Gasteiger partial charge in [0.15, 0.2) is 0 Å². The largest absolute Gasteiger partial charge is 0.310 e. The van der Waals surface area contributed by atoms with E-state index >= 15 is 0 Å². The predicted octanol–water partition coefficient (Wildman–Crippen LogP) is 17.6. The molecule has 12 aromatic carbocycles.